The normalized spacial score (nSPS) is 17.2. The van der Waals surface area contributed by atoms with Crippen LogP contribution in [0.3, 0.4) is 0 Å². The van der Waals surface area contributed by atoms with Crippen LogP contribution in [0.15, 0.2) is 30.4 Å². The monoisotopic (exact) mass is 1840 g/mol. The van der Waals surface area contributed by atoms with Crippen molar-refractivity contribution in [1.29, 1.82) is 0 Å². The molecule has 1 aliphatic rings. The first-order valence-corrected chi connectivity index (χ1v) is 14.8. The number of rotatable bonds is 16. The summed E-state index contributed by atoms with van der Waals surface area (Å²) in [7, 11) is -8.72. The molecule has 7 nitrogen and oxygen atoms in total. The van der Waals surface area contributed by atoms with Crippen LogP contribution in [-0.2, 0) is 505 Å². The van der Waals surface area contributed by atoms with E-state index in [0.29, 0.717) is 5.92 Å². The van der Waals surface area contributed by atoms with Gasteiger partial charge >= 0.3 is 15.0 Å². The predicted molar refractivity (Wildman–Crippen MR) is 126 cm³/mol. The van der Waals surface area contributed by atoms with Gasteiger partial charge in [-0.15, -0.1) is 0 Å². The van der Waals surface area contributed by atoms with Crippen LogP contribution in [-0.4, -0.2) is 11.5 Å². The zero-order valence-corrected chi connectivity index (χ0v) is 73.2. The quantitative estimate of drug-likeness (QED) is 0.0814. The molecule has 0 aromatic rings. The van der Waals surface area contributed by atoms with E-state index in [0.717, 1.165) is 51.4 Å². The van der Waals surface area contributed by atoms with Crippen molar-refractivity contribution >= 4 is 15.0 Å². The molecule has 0 aromatic heterocycles. The maximum atomic E-state index is 10.6. The fraction of sp³-hybridized carbons (Fsp3) is 0.600. The third kappa shape index (κ3) is 67.7. The van der Waals surface area contributed by atoms with Gasteiger partial charge in [0.25, 0.3) is 0 Å². The van der Waals surface area contributed by atoms with E-state index in [9.17, 15) is 24.2 Å². The first-order valence-electron chi connectivity index (χ1n) is 11.4. The van der Waals surface area contributed by atoms with E-state index in [1.54, 1.807) is 0 Å². The molecule has 5 atom stereocenters. The van der Waals surface area contributed by atoms with Crippen molar-refractivity contribution in [3.8, 4) is 0 Å². The van der Waals surface area contributed by atoms with Crippen molar-refractivity contribution in [3.63, 3.8) is 0 Å². The van der Waals surface area contributed by atoms with Gasteiger partial charge in [0.15, 0.2) is 0 Å². The number of unbranched alkanes of at least 4 members (excludes halogenated alkanes) is 3. The third-order valence-corrected chi connectivity index (χ3v) is 6.80. The van der Waals surface area contributed by atoms with Gasteiger partial charge in [-0.3, -0.25) is 34.9 Å². The summed E-state index contributed by atoms with van der Waals surface area (Å²) >= 11 is 0. The molecular formula is C25H35O7P2Y15-7. The van der Waals surface area contributed by atoms with Crippen LogP contribution < -0.4 is 15.0 Å². The molecule has 15 radical (unpaired) electrons. The second-order valence-electron chi connectivity index (χ2n) is 7.78. The maximum absolute atomic E-state index is 10.6. The second-order valence-corrected chi connectivity index (χ2v) is 11.7. The summed E-state index contributed by atoms with van der Waals surface area (Å²) in [6.07, 6.45) is 34.5. The second kappa shape index (κ2) is 77.6. The Balaban J connectivity index is -0.0000000323. The summed E-state index contributed by atoms with van der Waals surface area (Å²) in [5, 5.41) is 10.6. The van der Waals surface area contributed by atoms with Crippen molar-refractivity contribution in [2.45, 2.75) is 72.1 Å². The van der Waals surface area contributed by atoms with E-state index in [-0.39, 0.29) is 509 Å². The topological polar surface area (TPSA) is 133 Å². The van der Waals surface area contributed by atoms with Gasteiger partial charge in [-0.25, -0.2) is 0 Å². The molecule has 5 unspecified atom stereocenters. The van der Waals surface area contributed by atoms with Crippen LogP contribution in [0.5, 0.6) is 0 Å². The van der Waals surface area contributed by atoms with E-state index in [4.69, 9.17) is 4.89 Å². The van der Waals surface area contributed by atoms with Crippen molar-refractivity contribution in [3.05, 3.63) is 60.8 Å². The Morgan fingerprint density at radius 1 is 0.714 bits per heavy atom. The van der Waals surface area contributed by atoms with Crippen LogP contribution in [0.1, 0.15) is 72.1 Å². The molecule has 0 saturated heterocycles. The summed E-state index contributed by atoms with van der Waals surface area (Å²) in [6.45, 7) is 6.60. The number of hydrogen-bond donors (Lipinski definition) is 1. The molecule has 239 valence electrons. The molecule has 0 amide bonds. The summed E-state index contributed by atoms with van der Waals surface area (Å²) in [6, 6.07) is 0. The van der Waals surface area contributed by atoms with Gasteiger partial charge in [0.2, 0.25) is 0 Å². The Bertz CT molecular complexity index is 796. The molecule has 1 N–H and O–H groups in total. The van der Waals surface area contributed by atoms with Crippen LogP contribution >= 0.6 is 15.0 Å². The average Bonchev–Trinajstić information content (AvgIpc) is 3.33. The van der Waals surface area contributed by atoms with Gasteiger partial charge in [0.05, 0.1) is 0 Å². The molecule has 0 aliphatic heterocycles. The summed E-state index contributed by atoms with van der Waals surface area (Å²) in [5.74, 6) is 0.552. The van der Waals surface area contributed by atoms with Crippen LogP contribution in [0, 0.1) is 47.6 Å². The molecule has 0 bridgehead atoms. The molecule has 0 aromatic carbocycles. The summed E-state index contributed by atoms with van der Waals surface area (Å²) in [5.41, 5.74) is -0.0281. The van der Waals surface area contributed by atoms with E-state index < -0.39 is 15.0 Å². The van der Waals surface area contributed by atoms with E-state index >= 15 is 0 Å². The first-order chi connectivity index (χ1) is 16.1. The molecule has 24 heteroatoms. The molecule has 1 saturated carbocycles. The van der Waals surface area contributed by atoms with Gasteiger partial charge in [-0.05, 0) is 17.3 Å². The Kier molecular flexibility index (Phi) is 175. The van der Waals surface area contributed by atoms with E-state index in [1.807, 2.05) is 0 Å². The third-order valence-electron chi connectivity index (χ3n) is 5.15. The van der Waals surface area contributed by atoms with E-state index in [1.165, 1.54) is 0 Å². The first kappa shape index (κ1) is 110. The number of allylic oxidation sites excluding steroid dienone is 10. The fourth-order valence-electron chi connectivity index (χ4n) is 3.18. The Morgan fingerprint density at radius 3 is 1.37 bits per heavy atom. The van der Waals surface area contributed by atoms with Crippen LogP contribution in [0.2, 0.25) is 0 Å². The van der Waals surface area contributed by atoms with Crippen molar-refractivity contribution in [2.75, 3.05) is 6.61 Å². The minimum Gasteiger partial charge on any atom is -0.739 e. The molecule has 0 spiro atoms. The SMILES string of the molecule is CC[C-]=CCC[C-]=CCC[C-]=CC1C(CO[O-])C1(C)C=[C-]CCC=[C-]CC.O=[P+]([O-])P(=O)([O-])O.[Y].[Y].[Y].[Y].[Y].[Y].[Y].[Y].[Y].[Y].[Y].[Y].[Y].[Y].[Y]. The minimum absolute atomic E-state index is 0. The summed E-state index contributed by atoms with van der Waals surface area (Å²) < 4.78 is 18.6. The molecule has 49 heavy (non-hydrogen) atoms. The van der Waals surface area contributed by atoms with Gasteiger partial charge in [-0.1, -0.05) is 44.6 Å². The Morgan fingerprint density at radius 2 is 1.04 bits per heavy atom. The minimum atomic E-state index is -5.03. The molecule has 1 fully saturated rings. The van der Waals surface area contributed by atoms with Crippen molar-refractivity contribution in [2.24, 2.45) is 17.3 Å². The Hall–Kier alpha value is 15.4. The smallest absolute Gasteiger partial charge is 0.378 e. The van der Waals surface area contributed by atoms with Crippen molar-refractivity contribution in [1.82, 2.24) is 0 Å². The average molecular weight is 1840 g/mol. The molecule has 0 heterocycles. The van der Waals surface area contributed by atoms with Gasteiger partial charge in [0, 0.05) is 497 Å². The molecule has 1 aliphatic carbocycles. The van der Waals surface area contributed by atoms with Crippen molar-refractivity contribution < 1.29 is 525 Å². The van der Waals surface area contributed by atoms with Crippen LogP contribution in [0.25, 0.3) is 0 Å². The Labute approximate surface area is 676 Å². The zero-order chi connectivity index (χ0) is 25.9. The van der Waals surface area contributed by atoms with Gasteiger partial charge < -0.3 is 55.2 Å². The largest absolute Gasteiger partial charge is 0.739 e. The maximum Gasteiger partial charge on any atom is 0.378 e. The number of hydrogen-bond acceptors (Lipinski definition) is 6. The fourth-order valence-corrected chi connectivity index (χ4v) is 3.18. The van der Waals surface area contributed by atoms with Gasteiger partial charge in [0.1, 0.15) is 0 Å². The zero-order valence-electron chi connectivity index (χ0n) is 28.9. The standard InChI is InChI=1S/C25H35O2.H2O5P2.15Y/c1-4-6-8-10-12-13-14-15-16-18-20-23-24(22-27-26)25(23,3)21-19-17-11-9-7-5-2;1-6(2)7(3,4)5;;;;;;;;;;;;;;;/h8-9,14,20-21,23-24,26H,4-5,10-12,15-17,22H2,1-3H3;(H2,3,4,5);;;;;;;;;;;;;;;/q-5;;;;;;;;;;;;;;;;/p-2. The summed E-state index contributed by atoms with van der Waals surface area (Å²) in [4.78, 5) is 30.2. The van der Waals surface area contributed by atoms with E-state index in [2.05, 4.69) is 86.4 Å². The predicted octanol–water partition coefficient (Wildman–Crippen LogP) is 4.00. The van der Waals surface area contributed by atoms with Crippen LogP contribution in [0.4, 0.5) is 0 Å². The molecule has 1 rings (SSSR count). The molecular weight excluding hydrogens is 1810 g/mol. The van der Waals surface area contributed by atoms with Gasteiger partial charge in [-0.2, -0.15) is 32.1 Å².